The third-order valence-electron chi connectivity index (χ3n) is 17.9. The molecule has 0 saturated carbocycles. The van der Waals surface area contributed by atoms with E-state index in [0.717, 1.165) is 47.1 Å². The lowest BCUT2D eigenvalue weighted by molar-refractivity contribution is -0.147. The Bertz CT molecular complexity index is 3220. The number of nitrogens with zero attached hydrogens (tertiary/aromatic N) is 6. The van der Waals surface area contributed by atoms with Crippen LogP contribution >= 0.6 is 0 Å². The Morgan fingerprint density at radius 2 is 1.58 bits per heavy atom. The average Bonchev–Trinajstić information content (AvgIpc) is 2.67. The molecule has 0 spiro atoms. The Hall–Kier alpha value is -7.42. The van der Waals surface area contributed by atoms with Crippen LogP contribution in [0.25, 0.3) is 0 Å². The molecule has 4 aromatic carbocycles. The van der Waals surface area contributed by atoms with Crippen LogP contribution in [0.15, 0.2) is 84.9 Å². The third-order valence-corrected chi connectivity index (χ3v) is 17.9. The van der Waals surface area contributed by atoms with Crippen molar-refractivity contribution >= 4 is 53.1 Å². The lowest BCUT2D eigenvalue weighted by Crippen LogP contribution is -2.64. The first-order valence-corrected chi connectivity index (χ1v) is 30.2. The number of amides is 7. The van der Waals surface area contributed by atoms with E-state index in [-0.39, 0.29) is 74.4 Å². The highest BCUT2D eigenvalue weighted by molar-refractivity contribution is 6.07. The number of nitrogens with one attached hydrogen (secondary N) is 3. The molecule has 1 aliphatic carbocycles. The minimum absolute atomic E-state index is 0.00954. The Kier molecular flexibility index (Phi) is 18.7. The molecule has 9 rings (SSSR count). The molecule has 0 bridgehead atoms. The van der Waals surface area contributed by atoms with Crippen LogP contribution in [-0.4, -0.2) is 173 Å². The van der Waals surface area contributed by atoms with Crippen molar-refractivity contribution in [3.8, 4) is 0 Å². The minimum atomic E-state index is -1.29. The summed E-state index contributed by atoms with van der Waals surface area (Å²) in [4.78, 5) is 110. The fourth-order valence-electron chi connectivity index (χ4n) is 12.7. The second-order valence-electron chi connectivity index (χ2n) is 26.6. The molecule has 462 valence electrons. The summed E-state index contributed by atoms with van der Waals surface area (Å²) < 4.78 is 25.3. The van der Waals surface area contributed by atoms with Crippen molar-refractivity contribution in [2.24, 2.45) is 5.41 Å². The third kappa shape index (κ3) is 14.0. The zero-order chi connectivity index (χ0) is 62.2. The van der Waals surface area contributed by atoms with E-state index in [4.69, 9.17) is 9.47 Å². The summed E-state index contributed by atoms with van der Waals surface area (Å²) in [5, 5.41) is 19.6. The molecule has 2 saturated heterocycles. The molecule has 19 nitrogen and oxygen atoms in total. The number of likely N-dealkylation sites (N-methyl/N-ethyl adjacent to an activating group) is 1. The van der Waals surface area contributed by atoms with Gasteiger partial charge in [-0.15, -0.1) is 0 Å². The predicted molar refractivity (Wildman–Crippen MR) is 325 cm³/mol. The van der Waals surface area contributed by atoms with Gasteiger partial charge in [0.25, 0.3) is 0 Å². The summed E-state index contributed by atoms with van der Waals surface area (Å²) in [5.74, 6) is -2.43. The van der Waals surface area contributed by atoms with Crippen LogP contribution in [0.5, 0.6) is 0 Å². The molecule has 86 heavy (non-hydrogen) atoms. The maximum atomic E-state index is 15.4. The summed E-state index contributed by atoms with van der Waals surface area (Å²) in [6.07, 6.45) is 1.34. The normalized spacial score (nSPS) is 23.2. The Morgan fingerprint density at radius 1 is 0.860 bits per heavy atom. The summed E-state index contributed by atoms with van der Waals surface area (Å²) in [7, 11) is 1.46. The van der Waals surface area contributed by atoms with Gasteiger partial charge in [0.2, 0.25) is 29.5 Å². The first kappa shape index (κ1) is 63.1. The summed E-state index contributed by atoms with van der Waals surface area (Å²) in [6, 6.07) is 21.4. The SMILES string of the molecule is CC1COCCN1C[C@H]1CN(C(=O)O)[C@H](C)CN1CC(=O)N1CC(C)(C(=O)Nc2ccc3c(c2)CN(C(=O)C(NC(=O)C(C)N(C)C(=O)OC(C)(C)C)C(C)(C)C)C(C(=O)N[C@@H]2CCCc4ccccc42)C3)c2ccc(Cc3ccc(F)cc3)cc21. The zero-order valence-electron chi connectivity index (χ0n) is 51.7. The van der Waals surface area contributed by atoms with Crippen LogP contribution in [0, 0.1) is 11.2 Å². The molecule has 20 heteroatoms. The van der Waals surface area contributed by atoms with Crippen molar-refractivity contribution in [2.45, 2.75) is 161 Å². The van der Waals surface area contributed by atoms with Gasteiger partial charge in [-0.25, -0.2) is 14.0 Å². The molecular weight excluding hydrogens is 1100 g/mol. The van der Waals surface area contributed by atoms with Gasteiger partial charge in [0.1, 0.15) is 29.5 Å². The number of carbonyl (C=O) groups excluding carboxylic acids is 6. The van der Waals surface area contributed by atoms with Crippen molar-refractivity contribution in [3.63, 3.8) is 0 Å². The van der Waals surface area contributed by atoms with Gasteiger partial charge >= 0.3 is 12.2 Å². The van der Waals surface area contributed by atoms with Gasteiger partial charge < -0.3 is 45.2 Å². The molecule has 4 N–H and O–H groups in total. The van der Waals surface area contributed by atoms with Gasteiger partial charge in [-0.05, 0) is 149 Å². The Balaban J connectivity index is 1.00. The highest BCUT2D eigenvalue weighted by Gasteiger charge is 2.49. The largest absolute Gasteiger partial charge is 0.465 e. The Labute approximate surface area is 504 Å². The van der Waals surface area contributed by atoms with Crippen molar-refractivity contribution in [3.05, 3.63) is 130 Å². The summed E-state index contributed by atoms with van der Waals surface area (Å²) in [6.45, 7) is 20.7. The first-order valence-electron chi connectivity index (χ1n) is 30.2. The van der Waals surface area contributed by atoms with Crippen molar-refractivity contribution < 1.29 is 52.5 Å². The van der Waals surface area contributed by atoms with Gasteiger partial charge in [0, 0.05) is 82.2 Å². The first-order chi connectivity index (χ1) is 40.6. The second kappa shape index (κ2) is 25.5. The molecule has 4 heterocycles. The van der Waals surface area contributed by atoms with Crippen LogP contribution in [0.4, 0.5) is 25.4 Å². The molecular formula is C66H86FN9O10. The standard InChI is InChI=1S/C66H86FN9O10/c1-40-33-73(50(36-74(40)62(82)83)35-72-27-28-85-38-41(72)2)37-56(77)76-39-66(10,52-26-21-44(30-54(52)76)29-43-19-23-48(67)24-20-43)61(81)68-49-25-22-46-32-55(59(79)69-53-18-14-16-45-15-12-13-17-51(45)53)75(34-47(46)31-49)60(80)57(64(4,5)6)70-58(78)42(3)71(11)63(84)86-65(7,8)9/h12-13,15,17,19-26,30-31,40-42,50,53,55,57H,14,16,18,27-29,32-39H2,1-11H3,(H,68,81)(H,69,79)(H,70,78)(H,82,83)/t40-,41?,42?,50+,53-,55?,57?,66?/m1/s1. The molecule has 0 radical (unpaired) electrons. The maximum absolute atomic E-state index is 15.4. The molecule has 4 aromatic rings. The van der Waals surface area contributed by atoms with Crippen LogP contribution in [0.3, 0.4) is 0 Å². The lowest BCUT2D eigenvalue weighted by atomic mass is 9.82. The van der Waals surface area contributed by atoms with Crippen LogP contribution in [0.2, 0.25) is 0 Å². The van der Waals surface area contributed by atoms with Crippen LogP contribution in [-0.2, 0) is 64.7 Å². The van der Waals surface area contributed by atoms with Crippen LogP contribution in [0.1, 0.15) is 127 Å². The molecule has 5 unspecified atom stereocenters. The van der Waals surface area contributed by atoms with E-state index < -0.39 is 64.5 Å². The van der Waals surface area contributed by atoms with Gasteiger partial charge in [0.05, 0.1) is 31.2 Å². The highest BCUT2D eigenvalue weighted by Crippen LogP contribution is 2.43. The van der Waals surface area contributed by atoms with Crippen molar-refractivity contribution in [1.82, 2.24) is 35.1 Å². The number of hydrogen-bond acceptors (Lipinski definition) is 11. The van der Waals surface area contributed by atoms with E-state index >= 15 is 14.4 Å². The molecule has 2 fully saturated rings. The fraction of sp³-hybridized carbons (Fsp3) is 0.530. The smallest absolute Gasteiger partial charge is 0.410 e. The molecule has 8 atom stereocenters. The quantitative estimate of drug-likeness (QED) is 0.0958. The molecule has 5 aliphatic rings. The number of fused-ring (bicyclic) bond motifs is 3. The van der Waals surface area contributed by atoms with Crippen LogP contribution < -0.4 is 20.9 Å². The minimum Gasteiger partial charge on any atom is -0.465 e. The summed E-state index contributed by atoms with van der Waals surface area (Å²) in [5.41, 5.74) is 4.01. The van der Waals surface area contributed by atoms with E-state index in [0.29, 0.717) is 61.8 Å². The number of anilines is 2. The number of carboxylic acid groups (broad SMARTS) is 1. The maximum Gasteiger partial charge on any atom is 0.410 e. The number of halogens is 1. The topological polar surface area (TPSA) is 214 Å². The predicted octanol–water partition coefficient (Wildman–Crippen LogP) is 7.67. The number of piperazine rings is 1. The number of benzene rings is 4. The average molecular weight is 1180 g/mol. The number of morpholine rings is 1. The van der Waals surface area contributed by atoms with E-state index in [9.17, 15) is 28.7 Å². The second-order valence-corrected chi connectivity index (χ2v) is 26.6. The fourth-order valence-corrected chi connectivity index (χ4v) is 12.7. The van der Waals surface area contributed by atoms with E-state index in [1.165, 1.54) is 33.9 Å². The van der Waals surface area contributed by atoms with Gasteiger partial charge in [0.15, 0.2) is 0 Å². The summed E-state index contributed by atoms with van der Waals surface area (Å²) >= 11 is 0. The number of aryl methyl sites for hydroxylation is 1. The molecule has 7 amide bonds. The monoisotopic (exact) mass is 1180 g/mol. The van der Waals surface area contributed by atoms with Crippen molar-refractivity contribution in [2.75, 3.05) is 69.7 Å². The van der Waals surface area contributed by atoms with E-state index in [2.05, 4.69) is 38.7 Å². The van der Waals surface area contributed by atoms with Gasteiger partial charge in [-0.3, -0.25) is 38.7 Å². The van der Waals surface area contributed by atoms with E-state index in [1.54, 1.807) is 50.8 Å². The van der Waals surface area contributed by atoms with Gasteiger partial charge in [-0.1, -0.05) is 75.4 Å². The highest BCUT2D eigenvalue weighted by atomic mass is 19.1. The molecule has 4 aliphatic heterocycles. The molecule has 0 aromatic heterocycles. The number of rotatable bonds is 14. The number of carbonyl (C=O) groups is 7. The number of hydrogen-bond donors (Lipinski definition) is 4. The zero-order valence-corrected chi connectivity index (χ0v) is 51.7. The lowest BCUT2D eigenvalue weighted by Gasteiger charge is -2.47. The Morgan fingerprint density at radius 3 is 2.28 bits per heavy atom. The van der Waals surface area contributed by atoms with Gasteiger partial charge in [-0.2, -0.15) is 0 Å². The number of ether oxygens (including phenoxy) is 2. The van der Waals surface area contributed by atoms with Crippen molar-refractivity contribution in [1.29, 1.82) is 0 Å². The van der Waals surface area contributed by atoms with E-state index in [1.807, 2.05) is 83.1 Å².